The molecule has 53 heavy (non-hydrogen) atoms. The molecule has 5 nitrogen and oxygen atoms in total. The van der Waals surface area contributed by atoms with E-state index in [9.17, 15) is 19.8 Å². The molecule has 0 aromatic rings. The van der Waals surface area contributed by atoms with Crippen LogP contribution in [0.25, 0.3) is 0 Å². The minimum Gasteiger partial charge on any atom is -0.400 e. The van der Waals surface area contributed by atoms with Crippen molar-refractivity contribution in [3.8, 4) is 0 Å². The number of Topliss-reactive ketones (excluding diaryl/α,β-unsaturated/α-hetero) is 2. The first-order chi connectivity index (χ1) is 25.1. The summed E-state index contributed by atoms with van der Waals surface area (Å²) in [4.78, 5) is 25.1. The fourth-order valence-corrected chi connectivity index (χ4v) is 17.2. The van der Waals surface area contributed by atoms with Crippen molar-refractivity contribution in [1.82, 2.24) is 0 Å². The van der Waals surface area contributed by atoms with Crippen molar-refractivity contribution in [3.63, 3.8) is 0 Å². The van der Waals surface area contributed by atoms with Crippen LogP contribution < -0.4 is 0 Å². The molecular formula is C47H79BrO5. The fourth-order valence-electron chi connectivity index (χ4n) is 16.8. The van der Waals surface area contributed by atoms with Gasteiger partial charge in [-0.2, -0.15) is 0 Å². The van der Waals surface area contributed by atoms with Gasteiger partial charge >= 0.3 is 0 Å². The molecular weight excluding hydrogens is 724 g/mol. The number of carbonyl (C=O) groups excluding carboxylic acids is 2. The van der Waals surface area contributed by atoms with Crippen molar-refractivity contribution >= 4 is 27.5 Å². The highest BCUT2D eigenvalue weighted by atomic mass is 79.9. The van der Waals surface area contributed by atoms with E-state index in [1.165, 1.54) is 77.0 Å². The van der Waals surface area contributed by atoms with Crippen molar-refractivity contribution in [2.75, 3.05) is 12.4 Å². The first-order valence-electron chi connectivity index (χ1n) is 22.6. The van der Waals surface area contributed by atoms with Gasteiger partial charge in [-0.25, -0.2) is 0 Å². The molecule has 0 aromatic heterocycles. The summed E-state index contributed by atoms with van der Waals surface area (Å²) in [6.07, 6.45) is 21.7. The lowest BCUT2D eigenvalue weighted by molar-refractivity contribution is -0.131. The Morgan fingerprint density at radius 1 is 0.585 bits per heavy atom. The number of aliphatic hydroxyl groups is 3. The smallest absolute Gasteiger partial charge is 0.147 e. The Morgan fingerprint density at radius 3 is 1.38 bits per heavy atom. The minimum absolute atomic E-state index is 0.236. The summed E-state index contributed by atoms with van der Waals surface area (Å²) in [7, 11) is 1.00. The number of hydrogen-bond acceptors (Lipinski definition) is 5. The summed E-state index contributed by atoms with van der Waals surface area (Å²) in [6, 6.07) is 0. The summed E-state index contributed by atoms with van der Waals surface area (Å²) in [5.74, 6) is 11.1. The molecule has 8 aliphatic rings. The van der Waals surface area contributed by atoms with Gasteiger partial charge in [0.2, 0.25) is 0 Å². The standard InChI is InChI=1S/C23H37BrO2.C23H38O2.CH4O/c1-4-14-11-19(20(25)13-24)23(3)10-8-17-16-7-9-22(2,26)12-15(16)5-6-18(17)21(14)23;1-5-15-12-20(14(2)24)23(4)11-9-18-17-8-10-22(3,25)13-16(17)6-7-19(18)21(15)23;1-2/h14-19,21,26H,4-13H2,1-3H3;15-21,25H,5-13H2,1-4H3;2H,1H3/t14-,15-,16+,17-,18-,19-,21+,22-,23-;15-,16-,17+,18-,19-,20-,21+,22-,23-;/m11./s1. The van der Waals surface area contributed by atoms with Gasteiger partial charge in [0.05, 0.1) is 16.5 Å². The summed E-state index contributed by atoms with van der Waals surface area (Å²) >= 11 is 3.46. The molecule has 0 radical (unpaired) electrons. The highest BCUT2D eigenvalue weighted by Gasteiger charge is 2.63. The Morgan fingerprint density at radius 2 is 0.981 bits per heavy atom. The van der Waals surface area contributed by atoms with Gasteiger partial charge < -0.3 is 15.3 Å². The van der Waals surface area contributed by atoms with Gasteiger partial charge in [-0.05, 0) is 205 Å². The molecule has 8 rings (SSSR count). The van der Waals surface area contributed by atoms with Crippen molar-refractivity contribution < 1.29 is 24.9 Å². The number of aliphatic hydroxyl groups excluding tert-OH is 1. The SMILES string of the molecule is CC[C@@H]1C[C@H](C(=O)CBr)[C@@]2(C)CC[C@H]3[C@@H](CC[C@@H]4C[C@](C)(O)CC[C@@H]43)[C@H]12.CC[C@@H]1C[C@H](C(C)=O)[C@@]2(C)CC[C@H]3[C@@H](CC[C@@H]4C[C@](C)(O)CC[C@@H]43)[C@H]12.CO. The monoisotopic (exact) mass is 803 g/mol. The zero-order valence-electron chi connectivity index (χ0n) is 35.1. The Balaban J connectivity index is 0.000000173. The van der Waals surface area contributed by atoms with E-state index in [1.54, 1.807) is 0 Å². The van der Waals surface area contributed by atoms with E-state index in [1.807, 2.05) is 13.8 Å². The van der Waals surface area contributed by atoms with Crippen LogP contribution in [-0.2, 0) is 9.59 Å². The third kappa shape index (κ3) is 7.59. The molecule has 0 unspecified atom stereocenters. The highest BCUT2D eigenvalue weighted by Crippen LogP contribution is 2.68. The quantitative estimate of drug-likeness (QED) is 0.241. The Bertz CT molecular complexity index is 1300. The van der Waals surface area contributed by atoms with Gasteiger partial charge in [0.1, 0.15) is 11.6 Å². The summed E-state index contributed by atoms with van der Waals surface area (Å²) in [6.45, 7) is 15.6. The molecule has 8 fully saturated rings. The van der Waals surface area contributed by atoms with Gasteiger partial charge in [-0.15, -0.1) is 0 Å². The predicted molar refractivity (Wildman–Crippen MR) is 218 cm³/mol. The van der Waals surface area contributed by atoms with Gasteiger partial charge in [-0.3, -0.25) is 9.59 Å². The lowest BCUT2D eigenvalue weighted by Crippen LogP contribution is -2.52. The summed E-state index contributed by atoms with van der Waals surface area (Å²) in [5, 5.41) is 28.6. The minimum atomic E-state index is -0.427. The fraction of sp³-hybridized carbons (Fsp3) is 0.957. The number of alkyl halides is 1. The molecule has 0 heterocycles. The largest absolute Gasteiger partial charge is 0.400 e. The van der Waals surface area contributed by atoms with Crippen molar-refractivity contribution in [1.29, 1.82) is 0 Å². The lowest BCUT2D eigenvalue weighted by atomic mass is 9.48. The maximum absolute atomic E-state index is 12.7. The van der Waals surface area contributed by atoms with Crippen molar-refractivity contribution in [2.45, 2.75) is 175 Å². The molecule has 0 bridgehead atoms. The highest BCUT2D eigenvalue weighted by molar-refractivity contribution is 9.09. The third-order valence-electron chi connectivity index (χ3n) is 18.8. The number of ketones is 2. The first-order valence-corrected chi connectivity index (χ1v) is 23.7. The lowest BCUT2D eigenvalue weighted by Gasteiger charge is -2.57. The number of fused-ring (bicyclic) bond motifs is 10. The van der Waals surface area contributed by atoms with Crippen LogP contribution in [0.2, 0.25) is 0 Å². The van der Waals surface area contributed by atoms with Crippen LogP contribution in [0, 0.1) is 93.7 Å². The molecule has 0 aliphatic heterocycles. The topological polar surface area (TPSA) is 94.8 Å². The molecule has 0 saturated heterocycles. The molecule has 3 N–H and O–H groups in total. The van der Waals surface area contributed by atoms with Crippen LogP contribution in [0.15, 0.2) is 0 Å². The molecule has 8 aliphatic carbocycles. The van der Waals surface area contributed by atoms with Crippen LogP contribution in [-0.4, -0.2) is 50.5 Å². The maximum Gasteiger partial charge on any atom is 0.147 e. The number of halogens is 1. The second-order valence-corrected chi connectivity index (χ2v) is 22.0. The summed E-state index contributed by atoms with van der Waals surface area (Å²) in [5.41, 5.74) is -0.347. The molecule has 8 saturated carbocycles. The first kappa shape index (κ1) is 42.3. The van der Waals surface area contributed by atoms with Crippen LogP contribution in [0.1, 0.15) is 164 Å². The van der Waals surface area contributed by atoms with Crippen molar-refractivity contribution in [3.05, 3.63) is 0 Å². The van der Waals surface area contributed by atoms with E-state index in [4.69, 9.17) is 5.11 Å². The van der Waals surface area contributed by atoms with Crippen LogP contribution in [0.3, 0.4) is 0 Å². The average molecular weight is 804 g/mol. The predicted octanol–water partition coefficient (Wildman–Crippen LogP) is 10.4. The normalized spacial score (nSPS) is 52.4. The van der Waals surface area contributed by atoms with E-state index in [0.29, 0.717) is 22.8 Å². The van der Waals surface area contributed by atoms with Crippen LogP contribution in [0.5, 0.6) is 0 Å². The van der Waals surface area contributed by atoms with Gasteiger partial charge in [0, 0.05) is 18.9 Å². The number of carbonyl (C=O) groups is 2. The Hall–Kier alpha value is -0.300. The second kappa shape index (κ2) is 16.2. The molecule has 304 valence electrons. The van der Waals surface area contributed by atoms with Crippen LogP contribution in [0.4, 0.5) is 0 Å². The van der Waals surface area contributed by atoms with Gasteiger partial charge in [0.15, 0.2) is 0 Å². The van der Waals surface area contributed by atoms with Crippen LogP contribution >= 0.6 is 15.9 Å². The van der Waals surface area contributed by atoms with E-state index in [2.05, 4.69) is 50.5 Å². The van der Waals surface area contributed by atoms with E-state index in [-0.39, 0.29) is 16.7 Å². The zero-order chi connectivity index (χ0) is 38.7. The molecule has 0 aromatic carbocycles. The Kier molecular flexibility index (Phi) is 12.9. The third-order valence-corrected chi connectivity index (χ3v) is 19.4. The van der Waals surface area contributed by atoms with E-state index >= 15 is 0 Å². The van der Waals surface area contributed by atoms with Gasteiger partial charge in [0.25, 0.3) is 0 Å². The van der Waals surface area contributed by atoms with E-state index in [0.717, 1.165) is 117 Å². The van der Waals surface area contributed by atoms with Crippen molar-refractivity contribution in [2.24, 2.45) is 93.7 Å². The number of hydrogen-bond donors (Lipinski definition) is 3. The van der Waals surface area contributed by atoms with E-state index < -0.39 is 11.2 Å². The summed E-state index contributed by atoms with van der Waals surface area (Å²) < 4.78 is 0. The zero-order valence-corrected chi connectivity index (χ0v) is 36.6. The molecule has 18 atom stereocenters. The molecule has 6 heteroatoms. The average Bonchev–Trinajstić information content (AvgIpc) is 3.62. The number of rotatable bonds is 5. The second-order valence-electron chi connectivity index (χ2n) is 21.4. The Labute approximate surface area is 332 Å². The molecule has 0 amide bonds. The maximum atomic E-state index is 12.7. The van der Waals surface area contributed by atoms with Gasteiger partial charge in [-0.1, -0.05) is 56.5 Å². The molecule has 0 spiro atoms.